The molecule has 0 amide bonds. The van der Waals surface area contributed by atoms with Crippen molar-refractivity contribution >= 4 is 0 Å². The Balaban J connectivity index is 1.34. The Morgan fingerprint density at radius 2 is 1.96 bits per heavy atom. The number of rotatable bonds is 5. The Hall–Kier alpha value is -2.87. The van der Waals surface area contributed by atoms with Crippen molar-refractivity contribution in [3.05, 3.63) is 59.2 Å². The summed E-state index contributed by atoms with van der Waals surface area (Å²) >= 11 is 0. The highest BCUT2D eigenvalue weighted by Gasteiger charge is 2.20. The van der Waals surface area contributed by atoms with Crippen molar-refractivity contribution in [1.29, 1.82) is 0 Å². The fourth-order valence-corrected chi connectivity index (χ4v) is 3.54. The molecule has 8 heteroatoms. The first-order chi connectivity index (χ1) is 13.2. The minimum absolute atomic E-state index is 0.00111. The van der Waals surface area contributed by atoms with E-state index in [0.29, 0.717) is 11.6 Å². The lowest BCUT2D eigenvalue weighted by molar-refractivity contribution is 0.164. The zero-order valence-electron chi connectivity index (χ0n) is 15.4. The van der Waals surface area contributed by atoms with Crippen molar-refractivity contribution in [2.24, 2.45) is 13.0 Å². The highest BCUT2D eigenvalue weighted by atomic mass is 16.1. The predicted octanol–water partition coefficient (Wildman–Crippen LogP) is 1.35. The lowest BCUT2D eigenvalue weighted by atomic mass is 9.96. The number of pyridine rings is 1. The van der Waals surface area contributed by atoms with Crippen LogP contribution in [0.3, 0.4) is 0 Å². The molecule has 0 saturated carbocycles. The molecule has 0 aliphatic carbocycles. The third kappa shape index (κ3) is 4.28. The maximum Gasteiger partial charge on any atom is 0.253 e. The number of aryl methyl sites for hydroxylation is 1. The van der Waals surface area contributed by atoms with Crippen LogP contribution >= 0.6 is 0 Å². The number of piperidine rings is 1. The number of likely N-dealkylation sites (tertiary alicyclic amines) is 1. The van der Waals surface area contributed by atoms with Crippen LogP contribution in [0.2, 0.25) is 0 Å². The van der Waals surface area contributed by atoms with Crippen molar-refractivity contribution in [3.63, 3.8) is 0 Å². The van der Waals surface area contributed by atoms with Crippen molar-refractivity contribution in [1.82, 2.24) is 34.4 Å². The first-order valence-corrected chi connectivity index (χ1v) is 9.22. The molecule has 0 spiro atoms. The van der Waals surface area contributed by atoms with Crippen LogP contribution in [-0.2, 0) is 20.1 Å². The molecule has 0 atom stereocenters. The van der Waals surface area contributed by atoms with E-state index < -0.39 is 0 Å². The summed E-state index contributed by atoms with van der Waals surface area (Å²) in [5, 5.41) is 8.46. The van der Waals surface area contributed by atoms with Gasteiger partial charge in [0.1, 0.15) is 0 Å². The molecule has 0 aromatic carbocycles. The average Bonchev–Trinajstić information content (AvgIpc) is 3.10. The van der Waals surface area contributed by atoms with Crippen LogP contribution in [0.15, 0.2) is 47.9 Å². The summed E-state index contributed by atoms with van der Waals surface area (Å²) in [6, 6.07) is 5.33. The molecule has 1 aliphatic heterocycles. The lowest BCUT2D eigenvalue weighted by Gasteiger charge is -2.31. The molecule has 3 aromatic heterocycles. The monoisotopic (exact) mass is 365 g/mol. The van der Waals surface area contributed by atoms with Crippen molar-refractivity contribution in [2.75, 3.05) is 13.1 Å². The predicted molar refractivity (Wildman–Crippen MR) is 101 cm³/mol. The van der Waals surface area contributed by atoms with Gasteiger partial charge in [-0.25, -0.2) is 4.98 Å². The zero-order valence-corrected chi connectivity index (χ0v) is 15.4. The first-order valence-electron chi connectivity index (χ1n) is 9.22. The molecule has 3 aromatic rings. The van der Waals surface area contributed by atoms with Gasteiger partial charge in [0.15, 0.2) is 0 Å². The molecule has 4 rings (SSSR count). The van der Waals surface area contributed by atoms with Crippen LogP contribution in [0, 0.1) is 5.92 Å². The standard InChI is InChI=1S/C19H23N7O/c1-24-22-11-17(23-24)13-25-8-4-15(5-9-25)12-26-14-21-18(10-19(26)27)16-2-6-20-7-3-16/h2-3,6-7,10-11,14-15H,4-5,8-9,12-13H2,1H3. The Morgan fingerprint density at radius 1 is 1.19 bits per heavy atom. The van der Waals surface area contributed by atoms with Gasteiger partial charge in [-0.05, 0) is 44.0 Å². The summed E-state index contributed by atoms with van der Waals surface area (Å²) in [4.78, 5) is 24.9. The minimum atomic E-state index is -0.00111. The van der Waals surface area contributed by atoms with E-state index in [-0.39, 0.29) is 5.56 Å². The van der Waals surface area contributed by atoms with Crippen LogP contribution < -0.4 is 5.56 Å². The largest absolute Gasteiger partial charge is 0.299 e. The summed E-state index contributed by atoms with van der Waals surface area (Å²) in [6.07, 6.45) is 9.04. The molecule has 0 N–H and O–H groups in total. The molecule has 1 saturated heterocycles. The summed E-state index contributed by atoms with van der Waals surface area (Å²) < 4.78 is 1.73. The second-order valence-electron chi connectivity index (χ2n) is 7.05. The van der Waals surface area contributed by atoms with Gasteiger partial charge in [0, 0.05) is 44.2 Å². The van der Waals surface area contributed by atoms with E-state index in [1.165, 1.54) is 0 Å². The van der Waals surface area contributed by atoms with E-state index in [9.17, 15) is 4.79 Å². The summed E-state index contributed by atoms with van der Waals surface area (Å²) in [6.45, 7) is 3.58. The molecule has 0 unspecified atom stereocenters. The first kappa shape index (κ1) is 17.5. The fourth-order valence-electron chi connectivity index (χ4n) is 3.54. The van der Waals surface area contributed by atoms with Crippen LogP contribution in [0.25, 0.3) is 11.3 Å². The van der Waals surface area contributed by atoms with Gasteiger partial charge in [-0.1, -0.05) is 0 Å². The third-order valence-electron chi connectivity index (χ3n) is 5.05. The fraction of sp³-hybridized carbons (Fsp3) is 0.421. The molecule has 8 nitrogen and oxygen atoms in total. The van der Waals surface area contributed by atoms with Gasteiger partial charge < -0.3 is 0 Å². The van der Waals surface area contributed by atoms with Gasteiger partial charge in [-0.3, -0.25) is 19.2 Å². The maximum absolute atomic E-state index is 12.5. The molecule has 0 radical (unpaired) electrons. The molecule has 1 fully saturated rings. The van der Waals surface area contributed by atoms with Gasteiger partial charge >= 0.3 is 0 Å². The second-order valence-corrected chi connectivity index (χ2v) is 7.05. The normalized spacial score (nSPS) is 15.9. The third-order valence-corrected chi connectivity index (χ3v) is 5.05. The van der Waals surface area contributed by atoms with Gasteiger partial charge in [-0.15, -0.1) is 0 Å². The Morgan fingerprint density at radius 3 is 2.63 bits per heavy atom. The van der Waals surface area contributed by atoms with Crippen molar-refractivity contribution in [3.8, 4) is 11.3 Å². The topological polar surface area (TPSA) is 81.7 Å². The average molecular weight is 365 g/mol. The quantitative estimate of drug-likeness (QED) is 0.679. The van der Waals surface area contributed by atoms with Crippen LogP contribution in [0.1, 0.15) is 18.5 Å². The number of aromatic nitrogens is 6. The molecule has 4 heterocycles. The van der Waals surface area contributed by atoms with Gasteiger partial charge in [0.25, 0.3) is 5.56 Å². The summed E-state index contributed by atoms with van der Waals surface area (Å²) in [7, 11) is 1.83. The molecule has 27 heavy (non-hydrogen) atoms. The smallest absolute Gasteiger partial charge is 0.253 e. The van der Waals surface area contributed by atoms with Crippen LogP contribution in [0.5, 0.6) is 0 Å². The molecular weight excluding hydrogens is 342 g/mol. The van der Waals surface area contributed by atoms with Gasteiger partial charge in [0.05, 0.1) is 23.9 Å². The molecular formula is C19H23N7O. The van der Waals surface area contributed by atoms with E-state index in [4.69, 9.17) is 0 Å². The van der Waals surface area contributed by atoms with Gasteiger partial charge in [-0.2, -0.15) is 15.0 Å². The van der Waals surface area contributed by atoms with Crippen molar-refractivity contribution < 1.29 is 0 Å². The van der Waals surface area contributed by atoms with Crippen LogP contribution in [-0.4, -0.2) is 47.5 Å². The Labute approximate surface area is 157 Å². The van der Waals surface area contributed by atoms with Crippen molar-refractivity contribution in [2.45, 2.75) is 25.9 Å². The summed E-state index contributed by atoms with van der Waals surface area (Å²) in [5.74, 6) is 0.495. The van der Waals surface area contributed by atoms with Gasteiger partial charge in [0.2, 0.25) is 0 Å². The SMILES string of the molecule is Cn1ncc(CN2CCC(Cn3cnc(-c4ccncc4)cc3=O)CC2)n1. The number of nitrogens with zero attached hydrogens (tertiary/aromatic N) is 7. The minimum Gasteiger partial charge on any atom is -0.299 e. The van der Waals surface area contributed by atoms with Crippen LogP contribution in [0.4, 0.5) is 0 Å². The Kier molecular flexibility index (Phi) is 5.06. The Bertz CT molecular complexity index is 942. The lowest BCUT2D eigenvalue weighted by Crippen LogP contribution is -2.36. The second kappa shape index (κ2) is 7.79. The zero-order chi connectivity index (χ0) is 18.6. The number of hydrogen-bond donors (Lipinski definition) is 0. The number of hydrogen-bond acceptors (Lipinski definition) is 6. The molecule has 0 bridgehead atoms. The van der Waals surface area contributed by atoms with E-state index in [1.807, 2.05) is 25.4 Å². The van der Waals surface area contributed by atoms with E-state index >= 15 is 0 Å². The van der Waals surface area contributed by atoms with E-state index in [0.717, 1.165) is 50.3 Å². The highest BCUT2D eigenvalue weighted by Crippen LogP contribution is 2.20. The maximum atomic E-state index is 12.5. The van der Waals surface area contributed by atoms with E-state index in [2.05, 4.69) is 25.1 Å². The highest BCUT2D eigenvalue weighted by molar-refractivity contribution is 5.57. The van der Waals surface area contributed by atoms with E-state index in [1.54, 1.807) is 34.2 Å². The molecule has 140 valence electrons. The molecule has 1 aliphatic rings. The summed E-state index contributed by atoms with van der Waals surface area (Å²) in [5.41, 5.74) is 2.60.